The molecule has 0 aliphatic heterocycles. The van der Waals surface area contributed by atoms with Crippen LogP contribution in [0.1, 0.15) is 27.2 Å². The molecule has 2 rings (SSSR count). The number of rotatable bonds is 9. The summed E-state index contributed by atoms with van der Waals surface area (Å²) in [5.74, 6) is 0.650. The van der Waals surface area contributed by atoms with Crippen LogP contribution in [0.4, 0.5) is 0 Å². The molecule has 0 saturated heterocycles. The molecule has 2 aromatic rings. The number of carbonyl (C=O) groups is 1. The monoisotopic (exact) mass is 349 g/mol. The third-order valence-electron chi connectivity index (χ3n) is 3.81. The minimum Gasteiger partial charge on any atom is -0.383 e. The molecule has 0 aliphatic rings. The van der Waals surface area contributed by atoms with E-state index in [2.05, 4.69) is 34.8 Å². The number of para-hydroxylation sites is 2. The number of carbonyl (C=O) groups excluding carboxylic acids is 1. The summed E-state index contributed by atoms with van der Waals surface area (Å²) in [7, 11) is 1.69. The van der Waals surface area contributed by atoms with Gasteiger partial charge in [-0.05, 0) is 31.4 Å². The van der Waals surface area contributed by atoms with Crippen LogP contribution in [0, 0.1) is 5.92 Å². The second-order valence-electron chi connectivity index (χ2n) is 6.26. The van der Waals surface area contributed by atoms with E-state index in [0.29, 0.717) is 12.5 Å². The molecule has 0 saturated carbocycles. The largest absolute Gasteiger partial charge is 0.383 e. The van der Waals surface area contributed by atoms with Crippen LogP contribution in [0.5, 0.6) is 0 Å². The van der Waals surface area contributed by atoms with E-state index >= 15 is 0 Å². The highest BCUT2D eigenvalue weighted by molar-refractivity contribution is 8.00. The third kappa shape index (κ3) is 4.98. The average molecular weight is 350 g/mol. The van der Waals surface area contributed by atoms with Crippen molar-refractivity contribution in [1.82, 2.24) is 14.9 Å². The summed E-state index contributed by atoms with van der Waals surface area (Å²) in [5.41, 5.74) is 2.02. The lowest BCUT2D eigenvalue weighted by Gasteiger charge is -2.14. The lowest BCUT2D eigenvalue weighted by atomic mass is 10.1. The number of amides is 1. The van der Waals surface area contributed by atoms with Gasteiger partial charge in [-0.2, -0.15) is 0 Å². The Morgan fingerprint density at radius 1 is 1.33 bits per heavy atom. The predicted molar refractivity (Wildman–Crippen MR) is 99.4 cm³/mol. The fraction of sp³-hybridized carbons (Fsp3) is 0.556. The molecule has 1 atom stereocenters. The molecule has 0 fully saturated rings. The number of aromatic nitrogens is 2. The molecule has 1 amide bonds. The van der Waals surface area contributed by atoms with Crippen molar-refractivity contribution in [2.45, 2.75) is 44.1 Å². The lowest BCUT2D eigenvalue weighted by molar-refractivity contribution is -0.120. The number of ether oxygens (including phenoxy) is 1. The van der Waals surface area contributed by atoms with Crippen LogP contribution < -0.4 is 5.32 Å². The normalized spacial score (nSPS) is 12.7. The molecular formula is C18H27N3O2S. The first-order valence-corrected chi connectivity index (χ1v) is 9.29. The minimum absolute atomic E-state index is 0.0611. The van der Waals surface area contributed by atoms with Crippen LogP contribution in [0.15, 0.2) is 29.4 Å². The van der Waals surface area contributed by atoms with Gasteiger partial charge in [0.2, 0.25) is 5.91 Å². The molecule has 0 aliphatic carbocycles. The van der Waals surface area contributed by atoms with Gasteiger partial charge in [0.1, 0.15) is 0 Å². The van der Waals surface area contributed by atoms with Crippen LogP contribution in [0.25, 0.3) is 11.0 Å². The Morgan fingerprint density at radius 3 is 2.79 bits per heavy atom. The molecule has 0 spiro atoms. The van der Waals surface area contributed by atoms with Gasteiger partial charge in [-0.3, -0.25) is 4.79 Å². The number of thioether (sulfide) groups is 1. The summed E-state index contributed by atoms with van der Waals surface area (Å²) in [6.45, 7) is 8.30. The molecule has 1 aromatic carbocycles. The smallest absolute Gasteiger partial charge is 0.233 e. The van der Waals surface area contributed by atoms with Gasteiger partial charge in [-0.25, -0.2) is 4.98 Å². The van der Waals surface area contributed by atoms with Crippen LogP contribution >= 0.6 is 11.8 Å². The summed E-state index contributed by atoms with van der Waals surface area (Å²) in [5, 5.41) is 3.68. The van der Waals surface area contributed by atoms with Gasteiger partial charge in [0.25, 0.3) is 0 Å². The Labute approximate surface area is 148 Å². The number of imidazole rings is 1. The summed E-state index contributed by atoms with van der Waals surface area (Å²) >= 11 is 1.50. The highest BCUT2D eigenvalue weighted by Crippen LogP contribution is 2.27. The zero-order valence-corrected chi connectivity index (χ0v) is 15.7. The first kappa shape index (κ1) is 18.8. The van der Waals surface area contributed by atoms with Crippen LogP contribution in [-0.2, 0) is 16.1 Å². The third-order valence-corrected chi connectivity index (χ3v) is 4.90. The maximum atomic E-state index is 12.3. The van der Waals surface area contributed by atoms with Crippen molar-refractivity contribution < 1.29 is 9.53 Å². The molecule has 132 valence electrons. The molecule has 5 nitrogen and oxygen atoms in total. The van der Waals surface area contributed by atoms with Gasteiger partial charge in [0.15, 0.2) is 5.16 Å². The van der Waals surface area contributed by atoms with Crippen LogP contribution in [-0.4, -0.2) is 41.0 Å². The highest BCUT2D eigenvalue weighted by Gasteiger charge is 2.19. The number of hydrogen-bond acceptors (Lipinski definition) is 4. The van der Waals surface area contributed by atoms with Crippen molar-refractivity contribution in [3.63, 3.8) is 0 Å². The first-order valence-electron chi connectivity index (χ1n) is 8.41. The van der Waals surface area contributed by atoms with E-state index in [1.54, 1.807) is 7.11 Å². The Balaban J connectivity index is 2.08. The van der Waals surface area contributed by atoms with E-state index in [1.807, 2.05) is 25.1 Å². The second-order valence-corrected chi connectivity index (χ2v) is 7.57. The number of nitrogens with zero attached hydrogens (tertiary/aromatic N) is 2. The molecule has 1 N–H and O–H groups in total. The van der Waals surface area contributed by atoms with Gasteiger partial charge >= 0.3 is 0 Å². The Bertz CT molecular complexity index is 669. The number of nitrogens with one attached hydrogen (secondary N) is 1. The van der Waals surface area contributed by atoms with Crippen molar-refractivity contribution in [2.75, 3.05) is 20.3 Å². The van der Waals surface area contributed by atoms with E-state index in [0.717, 1.165) is 35.7 Å². The lowest BCUT2D eigenvalue weighted by Crippen LogP contribution is -2.32. The van der Waals surface area contributed by atoms with Gasteiger partial charge in [-0.1, -0.05) is 37.7 Å². The van der Waals surface area contributed by atoms with Gasteiger partial charge in [0, 0.05) is 20.2 Å². The van der Waals surface area contributed by atoms with Gasteiger partial charge in [0.05, 0.1) is 22.9 Å². The van der Waals surface area contributed by atoms with E-state index in [1.165, 1.54) is 11.8 Å². The topological polar surface area (TPSA) is 56.1 Å². The summed E-state index contributed by atoms with van der Waals surface area (Å²) < 4.78 is 7.34. The fourth-order valence-corrected chi connectivity index (χ4v) is 3.36. The van der Waals surface area contributed by atoms with Crippen molar-refractivity contribution in [3.8, 4) is 0 Å². The van der Waals surface area contributed by atoms with Crippen LogP contribution in [0.2, 0.25) is 0 Å². The van der Waals surface area contributed by atoms with E-state index < -0.39 is 0 Å². The SMILES string of the molecule is COCCn1c(SC(C)C(=O)NCCC(C)C)nc2ccccc21. The number of benzene rings is 1. The van der Waals surface area contributed by atoms with Crippen molar-refractivity contribution in [3.05, 3.63) is 24.3 Å². The Kier molecular flexibility index (Phi) is 7.12. The van der Waals surface area contributed by atoms with Gasteiger partial charge < -0.3 is 14.6 Å². The van der Waals surface area contributed by atoms with Crippen molar-refractivity contribution in [2.24, 2.45) is 5.92 Å². The zero-order valence-electron chi connectivity index (χ0n) is 14.9. The minimum atomic E-state index is -0.185. The molecule has 6 heteroatoms. The van der Waals surface area contributed by atoms with Crippen LogP contribution in [0.3, 0.4) is 0 Å². The average Bonchev–Trinajstić information content (AvgIpc) is 2.89. The number of methoxy groups -OCH3 is 1. The second kappa shape index (κ2) is 9.08. The zero-order chi connectivity index (χ0) is 17.5. The summed E-state index contributed by atoms with van der Waals surface area (Å²) in [6.07, 6.45) is 0.996. The molecule has 1 aromatic heterocycles. The molecule has 0 radical (unpaired) electrons. The Hall–Kier alpha value is -1.53. The number of fused-ring (bicyclic) bond motifs is 1. The predicted octanol–water partition coefficient (Wildman–Crippen LogP) is 3.33. The fourth-order valence-electron chi connectivity index (χ4n) is 2.38. The molecule has 0 bridgehead atoms. The number of hydrogen-bond donors (Lipinski definition) is 1. The van der Waals surface area contributed by atoms with Crippen molar-refractivity contribution >= 4 is 28.7 Å². The van der Waals surface area contributed by atoms with E-state index in [-0.39, 0.29) is 11.2 Å². The standard InChI is InChI=1S/C18H27N3O2S/c1-13(2)9-10-19-17(22)14(3)24-18-20-15-7-5-6-8-16(15)21(18)11-12-23-4/h5-8,13-14H,9-12H2,1-4H3,(H,19,22). The Morgan fingerprint density at radius 2 is 2.08 bits per heavy atom. The highest BCUT2D eigenvalue weighted by atomic mass is 32.2. The summed E-state index contributed by atoms with van der Waals surface area (Å²) in [4.78, 5) is 17.0. The molecule has 1 heterocycles. The molecule has 1 unspecified atom stereocenters. The first-order chi connectivity index (χ1) is 11.5. The summed E-state index contributed by atoms with van der Waals surface area (Å²) in [6, 6.07) is 8.03. The maximum Gasteiger partial charge on any atom is 0.233 e. The van der Waals surface area contributed by atoms with E-state index in [4.69, 9.17) is 4.74 Å². The van der Waals surface area contributed by atoms with E-state index in [9.17, 15) is 4.79 Å². The maximum absolute atomic E-state index is 12.3. The van der Waals surface area contributed by atoms with Crippen molar-refractivity contribution in [1.29, 1.82) is 0 Å². The molecular weight excluding hydrogens is 322 g/mol. The van der Waals surface area contributed by atoms with Gasteiger partial charge in [-0.15, -0.1) is 0 Å². The quantitative estimate of drug-likeness (QED) is 0.706. The molecule has 24 heavy (non-hydrogen) atoms.